The van der Waals surface area contributed by atoms with Crippen molar-refractivity contribution in [2.24, 2.45) is 0 Å². The first-order valence-electron chi connectivity index (χ1n) is 7.02. The minimum Gasteiger partial charge on any atom is -0.494 e. The van der Waals surface area contributed by atoms with Crippen molar-refractivity contribution in [3.8, 4) is 0 Å². The molecule has 0 heterocycles. The summed E-state index contributed by atoms with van der Waals surface area (Å²) in [5.41, 5.74) is 0. The van der Waals surface area contributed by atoms with Gasteiger partial charge in [0, 0.05) is 0 Å². The van der Waals surface area contributed by atoms with Crippen molar-refractivity contribution in [2.45, 2.75) is 58.8 Å². The topological polar surface area (TPSA) is 9.23 Å². The quantitative estimate of drug-likeness (QED) is 0.261. The number of rotatable bonds is 11. The number of hydrogen-bond acceptors (Lipinski definition) is 1. The molecule has 0 fully saturated rings. The monoisotopic (exact) mass is 254 g/mol. The van der Waals surface area contributed by atoms with Gasteiger partial charge >= 0.3 is 0 Å². The van der Waals surface area contributed by atoms with E-state index in [2.05, 4.69) is 13.5 Å². The molecule has 0 rings (SSSR count). The Kier molecular flexibility index (Phi) is 11.7. The molecule has 0 saturated carbocycles. The molecule has 0 N–H and O–H groups in total. The SMILES string of the molecule is C=C(/C=C\C(F)=C/C)OCCCCCCCCC. The van der Waals surface area contributed by atoms with Gasteiger partial charge in [0.1, 0.15) is 11.6 Å². The van der Waals surface area contributed by atoms with Crippen LogP contribution in [0.15, 0.2) is 36.4 Å². The van der Waals surface area contributed by atoms with Crippen molar-refractivity contribution in [1.82, 2.24) is 0 Å². The average Bonchev–Trinajstić information content (AvgIpc) is 2.39. The van der Waals surface area contributed by atoms with Crippen LogP contribution in [0.2, 0.25) is 0 Å². The Hall–Kier alpha value is -1.05. The van der Waals surface area contributed by atoms with E-state index in [4.69, 9.17) is 4.74 Å². The van der Waals surface area contributed by atoms with Crippen LogP contribution in [0.1, 0.15) is 58.8 Å². The van der Waals surface area contributed by atoms with E-state index in [0.29, 0.717) is 12.4 Å². The van der Waals surface area contributed by atoms with Crippen LogP contribution in [0, 0.1) is 0 Å². The lowest BCUT2D eigenvalue weighted by Gasteiger charge is -2.05. The second kappa shape index (κ2) is 12.4. The molecule has 18 heavy (non-hydrogen) atoms. The van der Waals surface area contributed by atoms with Gasteiger partial charge in [-0.2, -0.15) is 0 Å². The van der Waals surface area contributed by atoms with Gasteiger partial charge in [0.2, 0.25) is 0 Å². The molecule has 0 atom stereocenters. The van der Waals surface area contributed by atoms with Crippen LogP contribution in [0.4, 0.5) is 4.39 Å². The molecule has 0 aromatic rings. The van der Waals surface area contributed by atoms with Crippen LogP contribution in [0.3, 0.4) is 0 Å². The van der Waals surface area contributed by atoms with Gasteiger partial charge in [0.25, 0.3) is 0 Å². The zero-order valence-electron chi connectivity index (χ0n) is 11.9. The highest BCUT2D eigenvalue weighted by Crippen LogP contribution is 2.08. The molecule has 1 nitrogen and oxygen atoms in total. The maximum atomic E-state index is 12.8. The Morgan fingerprint density at radius 2 is 1.67 bits per heavy atom. The van der Waals surface area contributed by atoms with Gasteiger partial charge < -0.3 is 4.74 Å². The van der Waals surface area contributed by atoms with Crippen LogP contribution in [-0.4, -0.2) is 6.61 Å². The highest BCUT2D eigenvalue weighted by molar-refractivity contribution is 5.18. The first-order valence-corrected chi connectivity index (χ1v) is 7.02. The minimum absolute atomic E-state index is 0.268. The minimum atomic E-state index is -0.268. The molecule has 0 aromatic heterocycles. The van der Waals surface area contributed by atoms with Gasteiger partial charge in [-0.1, -0.05) is 58.1 Å². The normalized spacial score (nSPS) is 12.1. The summed E-state index contributed by atoms with van der Waals surface area (Å²) >= 11 is 0. The summed E-state index contributed by atoms with van der Waals surface area (Å²) < 4.78 is 18.1. The van der Waals surface area contributed by atoms with Crippen LogP contribution in [0.5, 0.6) is 0 Å². The lowest BCUT2D eigenvalue weighted by Crippen LogP contribution is -1.92. The van der Waals surface area contributed by atoms with Gasteiger partial charge in [-0.05, 0) is 25.5 Å². The molecular weight excluding hydrogens is 227 g/mol. The predicted octanol–water partition coefficient (Wildman–Crippen LogP) is 5.70. The van der Waals surface area contributed by atoms with Crippen molar-refractivity contribution in [1.29, 1.82) is 0 Å². The van der Waals surface area contributed by atoms with E-state index in [1.165, 1.54) is 50.7 Å². The third kappa shape index (κ3) is 11.4. The van der Waals surface area contributed by atoms with E-state index < -0.39 is 0 Å². The lowest BCUT2D eigenvalue weighted by atomic mass is 10.1. The maximum Gasteiger partial charge on any atom is 0.119 e. The zero-order valence-corrected chi connectivity index (χ0v) is 11.9. The summed E-state index contributed by atoms with van der Waals surface area (Å²) in [6, 6.07) is 0. The van der Waals surface area contributed by atoms with E-state index in [0.717, 1.165) is 6.42 Å². The Balaban J connectivity index is 3.38. The second-order valence-electron chi connectivity index (χ2n) is 4.44. The Labute approximate surface area is 111 Å². The summed E-state index contributed by atoms with van der Waals surface area (Å²) in [5, 5.41) is 0. The summed E-state index contributed by atoms with van der Waals surface area (Å²) in [6.45, 7) is 8.27. The molecule has 0 aliphatic rings. The lowest BCUT2D eigenvalue weighted by molar-refractivity contribution is 0.218. The molecule has 0 aromatic carbocycles. The van der Waals surface area contributed by atoms with E-state index in [1.807, 2.05) is 0 Å². The van der Waals surface area contributed by atoms with Crippen molar-refractivity contribution in [3.63, 3.8) is 0 Å². The zero-order chi connectivity index (χ0) is 13.6. The molecule has 0 bridgehead atoms. The molecule has 0 aliphatic carbocycles. The standard InChI is InChI=1S/C16H27FO/c1-4-6-7-8-9-10-11-14-18-15(3)12-13-16(17)5-2/h5,12-13H,3-4,6-11,14H2,1-2H3/b13-12-,16-5+. The highest BCUT2D eigenvalue weighted by Gasteiger charge is 1.93. The molecular formula is C16H27FO. The molecule has 0 aliphatic heterocycles. The fourth-order valence-electron chi connectivity index (χ4n) is 1.58. The number of unbranched alkanes of at least 4 members (excludes halogenated alkanes) is 6. The van der Waals surface area contributed by atoms with Crippen LogP contribution in [0.25, 0.3) is 0 Å². The van der Waals surface area contributed by atoms with Crippen molar-refractivity contribution in [2.75, 3.05) is 6.61 Å². The molecule has 0 saturated heterocycles. The smallest absolute Gasteiger partial charge is 0.119 e. The van der Waals surface area contributed by atoms with E-state index >= 15 is 0 Å². The summed E-state index contributed by atoms with van der Waals surface area (Å²) in [7, 11) is 0. The molecule has 104 valence electrons. The first-order chi connectivity index (χ1) is 8.70. The van der Waals surface area contributed by atoms with E-state index in [9.17, 15) is 4.39 Å². The number of ether oxygens (including phenoxy) is 1. The molecule has 0 amide bonds. The average molecular weight is 254 g/mol. The number of hydrogen-bond donors (Lipinski definition) is 0. The van der Waals surface area contributed by atoms with Gasteiger partial charge in [-0.15, -0.1) is 0 Å². The van der Waals surface area contributed by atoms with Crippen molar-refractivity contribution in [3.05, 3.63) is 36.4 Å². The number of halogens is 1. The summed E-state index contributed by atoms with van der Waals surface area (Å²) in [5.74, 6) is 0.258. The maximum absolute atomic E-state index is 12.8. The Morgan fingerprint density at radius 1 is 1.06 bits per heavy atom. The molecule has 0 spiro atoms. The number of allylic oxidation sites excluding steroid dienone is 4. The Bertz CT molecular complexity index is 266. The van der Waals surface area contributed by atoms with Crippen LogP contribution < -0.4 is 0 Å². The third-order valence-electron chi connectivity index (χ3n) is 2.74. The fraction of sp³-hybridized carbons (Fsp3) is 0.625. The van der Waals surface area contributed by atoms with Gasteiger partial charge in [0.05, 0.1) is 6.61 Å². The van der Waals surface area contributed by atoms with E-state index in [1.54, 1.807) is 13.0 Å². The third-order valence-corrected chi connectivity index (χ3v) is 2.74. The summed E-state index contributed by atoms with van der Waals surface area (Å²) in [4.78, 5) is 0. The Morgan fingerprint density at radius 3 is 2.28 bits per heavy atom. The largest absolute Gasteiger partial charge is 0.494 e. The van der Waals surface area contributed by atoms with Crippen molar-refractivity contribution < 1.29 is 9.13 Å². The molecule has 2 heteroatoms. The van der Waals surface area contributed by atoms with E-state index in [-0.39, 0.29) is 5.83 Å². The molecule has 0 unspecified atom stereocenters. The van der Waals surface area contributed by atoms with Gasteiger partial charge in [0.15, 0.2) is 0 Å². The fourth-order valence-corrected chi connectivity index (χ4v) is 1.58. The predicted molar refractivity (Wildman–Crippen MR) is 77.1 cm³/mol. The van der Waals surface area contributed by atoms with Gasteiger partial charge in [-0.3, -0.25) is 0 Å². The first kappa shape index (κ1) is 16.9. The molecule has 0 radical (unpaired) electrons. The van der Waals surface area contributed by atoms with Crippen molar-refractivity contribution >= 4 is 0 Å². The summed E-state index contributed by atoms with van der Waals surface area (Å²) in [6.07, 6.45) is 13.2. The highest BCUT2D eigenvalue weighted by atomic mass is 19.1. The van der Waals surface area contributed by atoms with Crippen LogP contribution in [-0.2, 0) is 4.74 Å². The van der Waals surface area contributed by atoms with Crippen LogP contribution >= 0.6 is 0 Å². The second-order valence-corrected chi connectivity index (χ2v) is 4.44. The van der Waals surface area contributed by atoms with Gasteiger partial charge in [-0.25, -0.2) is 4.39 Å².